The summed E-state index contributed by atoms with van der Waals surface area (Å²) in [4.78, 5) is 0.279. The Labute approximate surface area is 154 Å². The predicted molar refractivity (Wildman–Crippen MR) is 105 cm³/mol. The molecule has 3 rings (SSSR count). The zero-order valence-corrected chi connectivity index (χ0v) is 15.8. The van der Waals surface area contributed by atoms with Gasteiger partial charge < -0.3 is 4.74 Å². The van der Waals surface area contributed by atoms with E-state index in [1.54, 1.807) is 25.3 Å². The average molecular weight is 369 g/mol. The lowest BCUT2D eigenvalue weighted by Crippen LogP contribution is -2.32. The van der Waals surface area contributed by atoms with Gasteiger partial charge in [0.15, 0.2) is 0 Å². The van der Waals surface area contributed by atoms with Crippen LogP contribution < -0.4 is 9.46 Å². The summed E-state index contributed by atoms with van der Waals surface area (Å²) in [6, 6.07) is 20.6. The van der Waals surface area contributed by atoms with E-state index in [0.29, 0.717) is 0 Å². The summed E-state index contributed by atoms with van der Waals surface area (Å²) in [5.74, 6) is 0.751. The first-order chi connectivity index (χ1) is 12.5. The van der Waals surface area contributed by atoms with Gasteiger partial charge in [-0.25, -0.2) is 13.1 Å². The number of fused-ring (bicyclic) bond motifs is 1. The molecule has 1 N–H and O–H groups in total. The van der Waals surface area contributed by atoms with E-state index >= 15 is 0 Å². The highest BCUT2D eigenvalue weighted by atomic mass is 32.2. The van der Waals surface area contributed by atoms with Crippen molar-refractivity contribution in [3.63, 3.8) is 0 Å². The summed E-state index contributed by atoms with van der Waals surface area (Å²) >= 11 is 0. The number of sulfonamides is 1. The maximum Gasteiger partial charge on any atom is 0.240 e. The van der Waals surface area contributed by atoms with Gasteiger partial charge in [-0.3, -0.25) is 0 Å². The molecule has 4 nitrogen and oxygen atoms in total. The lowest BCUT2D eigenvalue weighted by Gasteiger charge is -2.15. The number of aryl methyl sites for hydroxylation is 1. The Balaban J connectivity index is 1.71. The monoisotopic (exact) mass is 369 g/mol. The molecule has 0 unspecified atom stereocenters. The zero-order chi connectivity index (χ0) is 18.6. The molecule has 0 spiro atoms. The minimum absolute atomic E-state index is 0.147. The van der Waals surface area contributed by atoms with Crippen molar-refractivity contribution in [1.82, 2.24) is 4.72 Å². The molecule has 0 amide bonds. The third-order valence-corrected chi connectivity index (χ3v) is 5.98. The van der Waals surface area contributed by atoms with Crippen molar-refractivity contribution in [3.8, 4) is 5.75 Å². The van der Waals surface area contributed by atoms with Crippen molar-refractivity contribution in [2.24, 2.45) is 0 Å². The van der Waals surface area contributed by atoms with Gasteiger partial charge in [-0.15, -0.1) is 0 Å². The standard InChI is InChI=1S/C21H23NO3S/c1-16(8-9-17-6-4-3-5-7-17)22-26(23,24)21-13-11-18-14-20(25-2)12-10-19(18)15-21/h3-7,10-16,22H,8-9H2,1-2H3/t16-/m0/s1. The minimum Gasteiger partial charge on any atom is -0.497 e. The molecular formula is C21H23NO3S. The molecule has 136 valence electrons. The van der Waals surface area contributed by atoms with Crippen molar-refractivity contribution in [3.05, 3.63) is 72.3 Å². The van der Waals surface area contributed by atoms with Crippen LogP contribution in [0.3, 0.4) is 0 Å². The van der Waals surface area contributed by atoms with Crippen LogP contribution in [0.1, 0.15) is 18.9 Å². The van der Waals surface area contributed by atoms with Gasteiger partial charge in [0.25, 0.3) is 0 Å². The quantitative estimate of drug-likeness (QED) is 0.681. The molecule has 5 heteroatoms. The first-order valence-electron chi connectivity index (χ1n) is 8.62. The van der Waals surface area contributed by atoms with E-state index in [2.05, 4.69) is 16.9 Å². The van der Waals surface area contributed by atoms with Crippen LogP contribution in [0.4, 0.5) is 0 Å². The summed E-state index contributed by atoms with van der Waals surface area (Å²) in [7, 11) is -1.94. The number of benzene rings is 3. The molecule has 1 atom stereocenters. The van der Waals surface area contributed by atoms with E-state index in [-0.39, 0.29) is 10.9 Å². The maximum atomic E-state index is 12.7. The summed E-state index contributed by atoms with van der Waals surface area (Å²) in [6.07, 6.45) is 1.58. The number of methoxy groups -OCH3 is 1. The first kappa shape index (κ1) is 18.4. The van der Waals surface area contributed by atoms with Crippen LogP contribution in [-0.2, 0) is 16.4 Å². The lowest BCUT2D eigenvalue weighted by atomic mass is 10.1. The molecule has 0 aliphatic heterocycles. The van der Waals surface area contributed by atoms with Gasteiger partial charge in [0, 0.05) is 6.04 Å². The van der Waals surface area contributed by atoms with Crippen molar-refractivity contribution >= 4 is 20.8 Å². The largest absolute Gasteiger partial charge is 0.497 e. The van der Waals surface area contributed by atoms with Crippen LogP contribution in [0, 0.1) is 0 Å². The smallest absolute Gasteiger partial charge is 0.240 e. The summed E-state index contributed by atoms with van der Waals surface area (Å²) in [5, 5.41) is 1.81. The highest BCUT2D eigenvalue weighted by Crippen LogP contribution is 2.23. The number of hydrogen-bond donors (Lipinski definition) is 1. The third-order valence-electron chi connectivity index (χ3n) is 4.39. The zero-order valence-electron chi connectivity index (χ0n) is 15.0. The minimum atomic E-state index is -3.55. The molecule has 26 heavy (non-hydrogen) atoms. The third kappa shape index (κ3) is 4.42. The number of ether oxygens (including phenoxy) is 1. The Bertz CT molecular complexity index is 985. The van der Waals surface area contributed by atoms with Crippen molar-refractivity contribution in [2.75, 3.05) is 7.11 Å². The van der Waals surface area contributed by atoms with Crippen LogP contribution in [0.25, 0.3) is 10.8 Å². The fourth-order valence-corrected chi connectivity index (χ4v) is 4.23. The van der Waals surface area contributed by atoms with Crippen molar-refractivity contribution in [1.29, 1.82) is 0 Å². The van der Waals surface area contributed by atoms with Crippen LogP contribution in [0.5, 0.6) is 5.75 Å². The Kier molecular flexibility index (Phi) is 5.59. The van der Waals surface area contributed by atoms with Gasteiger partial charge in [-0.2, -0.15) is 0 Å². The second kappa shape index (κ2) is 7.89. The van der Waals surface area contributed by atoms with Gasteiger partial charge >= 0.3 is 0 Å². The van der Waals surface area contributed by atoms with E-state index < -0.39 is 10.0 Å². The molecule has 3 aromatic carbocycles. The molecule has 3 aromatic rings. The molecule has 0 aliphatic rings. The molecule has 0 radical (unpaired) electrons. The second-order valence-corrected chi connectivity index (χ2v) is 8.14. The highest BCUT2D eigenvalue weighted by molar-refractivity contribution is 7.89. The fourth-order valence-electron chi connectivity index (χ4n) is 2.92. The van der Waals surface area contributed by atoms with Gasteiger partial charge in [0.05, 0.1) is 12.0 Å². The number of hydrogen-bond acceptors (Lipinski definition) is 3. The van der Waals surface area contributed by atoms with Crippen LogP contribution in [-0.4, -0.2) is 21.6 Å². The Hall–Kier alpha value is -2.37. The number of nitrogens with one attached hydrogen (secondary N) is 1. The van der Waals surface area contributed by atoms with Crippen LogP contribution in [0.15, 0.2) is 71.6 Å². The normalized spacial score (nSPS) is 12.8. The summed E-state index contributed by atoms with van der Waals surface area (Å²) in [5.41, 5.74) is 1.21. The van der Waals surface area contributed by atoms with Crippen molar-refractivity contribution < 1.29 is 13.2 Å². The summed E-state index contributed by atoms with van der Waals surface area (Å²) in [6.45, 7) is 1.90. The molecule has 0 heterocycles. The SMILES string of the molecule is COc1ccc2cc(S(=O)(=O)N[C@@H](C)CCc3ccccc3)ccc2c1. The molecular weight excluding hydrogens is 346 g/mol. The van der Waals surface area contributed by atoms with Gasteiger partial charge in [-0.1, -0.05) is 42.5 Å². The fraction of sp³-hybridized carbons (Fsp3) is 0.238. The van der Waals surface area contributed by atoms with Crippen molar-refractivity contribution in [2.45, 2.75) is 30.7 Å². The molecule has 0 aromatic heterocycles. The Morgan fingerprint density at radius 2 is 1.65 bits per heavy atom. The molecule has 0 saturated heterocycles. The van der Waals surface area contributed by atoms with E-state index in [4.69, 9.17) is 4.74 Å². The van der Waals surface area contributed by atoms with Crippen LogP contribution in [0.2, 0.25) is 0 Å². The summed E-state index contributed by atoms with van der Waals surface area (Å²) < 4.78 is 33.4. The maximum absolute atomic E-state index is 12.7. The number of rotatable bonds is 7. The molecule has 0 aliphatic carbocycles. The Morgan fingerprint density at radius 1 is 0.962 bits per heavy atom. The van der Waals surface area contributed by atoms with Gasteiger partial charge in [0.2, 0.25) is 10.0 Å². The topological polar surface area (TPSA) is 55.4 Å². The molecule has 0 bridgehead atoms. The Morgan fingerprint density at radius 3 is 2.38 bits per heavy atom. The lowest BCUT2D eigenvalue weighted by molar-refractivity contribution is 0.415. The van der Waals surface area contributed by atoms with E-state index in [9.17, 15) is 8.42 Å². The van der Waals surface area contributed by atoms with Crippen LogP contribution >= 0.6 is 0 Å². The highest BCUT2D eigenvalue weighted by Gasteiger charge is 2.17. The van der Waals surface area contributed by atoms with Gasteiger partial charge in [-0.05, 0) is 60.4 Å². The predicted octanol–water partition coefficient (Wildman–Crippen LogP) is 4.15. The molecule has 0 saturated carbocycles. The first-order valence-corrected chi connectivity index (χ1v) is 10.1. The van der Waals surface area contributed by atoms with Gasteiger partial charge in [0.1, 0.15) is 5.75 Å². The van der Waals surface area contributed by atoms with E-state index in [1.807, 2.05) is 43.3 Å². The second-order valence-electron chi connectivity index (χ2n) is 6.42. The van der Waals surface area contributed by atoms with E-state index in [0.717, 1.165) is 29.4 Å². The molecule has 0 fully saturated rings. The van der Waals surface area contributed by atoms with E-state index in [1.165, 1.54) is 5.56 Å². The average Bonchev–Trinajstić information content (AvgIpc) is 2.66.